The maximum Gasteiger partial charge on any atom is 0.274 e. The summed E-state index contributed by atoms with van der Waals surface area (Å²) in [6.07, 6.45) is 0. The second-order valence-corrected chi connectivity index (χ2v) is 4.78. The highest BCUT2D eigenvalue weighted by Gasteiger charge is 2.20. The van der Waals surface area contributed by atoms with E-state index in [0.717, 1.165) is 18.9 Å². The Bertz CT molecular complexity index is 453. The maximum absolute atomic E-state index is 12.2. The minimum Gasteiger partial charge on any atom is -0.378 e. The van der Waals surface area contributed by atoms with Gasteiger partial charge in [0.2, 0.25) is 0 Å². The van der Waals surface area contributed by atoms with Crippen LogP contribution in [-0.2, 0) is 9.47 Å². The van der Waals surface area contributed by atoms with Gasteiger partial charge in [0, 0.05) is 26.2 Å². The normalized spacial score (nSPS) is 20.0. The number of hydrogen-bond donors (Lipinski definition) is 0. The largest absolute Gasteiger partial charge is 0.378 e. The van der Waals surface area contributed by atoms with Gasteiger partial charge in [0.25, 0.3) is 5.91 Å². The molecule has 0 saturated carbocycles. The number of amides is 1. The highest BCUT2D eigenvalue weighted by Crippen LogP contribution is 2.12. The van der Waals surface area contributed by atoms with Gasteiger partial charge in [-0.15, -0.1) is 10.2 Å². The summed E-state index contributed by atoms with van der Waals surface area (Å²) in [5, 5.41) is 8.22. The van der Waals surface area contributed by atoms with Gasteiger partial charge in [-0.2, -0.15) is 0 Å². The van der Waals surface area contributed by atoms with Crippen LogP contribution in [0, 0.1) is 0 Å². The Balaban J connectivity index is 1.67. The molecule has 7 nitrogen and oxygen atoms in total. The molecule has 1 amide bonds. The lowest BCUT2D eigenvalue weighted by Gasteiger charge is -2.28. The molecule has 2 saturated heterocycles. The summed E-state index contributed by atoms with van der Waals surface area (Å²) in [5.74, 6) is 0.723. The Morgan fingerprint density at radius 1 is 0.950 bits per heavy atom. The van der Waals surface area contributed by atoms with Gasteiger partial charge in [0.1, 0.15) is 0 Å². The maximum atomic E-state index is 12.2. The molecule has 0 spiro atoms. The van der Waals surface area contributed by atoms with E-state index in [4.69, 9.17) is 9.47 Å². The predicted octanol–water partition coefficient (Wildman–Crippen LogP) is -0.214. The van der Waals surface area contributed by atoms with Crippen LogP contribution in [0.3, 0.4) is 0 Å². The zero-order valence-electron chi connectivity index (χ0n) is 11.3. The number of hydrogen-bond acceptors (Lipinski definition) is 6. The second kappa shape index (κ2) is 6.15. The smallest absolute Gasteiger partial charge is 0.274 e. The van der Waals surface area contributed by atoms with E-state index < -0.39 is 0 Å². The number of carbonyl (C=O) groups excluding carboxylic acids is 1. The van der Waals surface area contributed by atoms with Crippen molar-refractivity contribution in [2.45, 2.75) is 0 Å². The molecule has 0 aromatic carbocycles. The Kier molecular flexibility index (Phi) is 4.08. The van der Waals surface area contributed by atoms with Crippen LogP contribution in [0.4, 0.5) is 5.82 Å². The fourth-order valence-corrected chi connectivity index (χ4v) is 2.33. The predicted molar refractivity (Wildman–Crippen MR) is 71.8 cm³/mol. The van der Waals surface area contributed by atoms with Gasteiger partial charge in [-0.05, 0) is 12.1 Å². The quantitative estimate of drug-likeness (QED) is 0.745. The van der Waals surface area contributed by atoms with Gasteiger partial charge in [0.05, 0.1) is 26.4 Å². The van der Waals surface area contributed by atoms with E-state index in [1.54, 1.807) is 11.0 Å². The van der Waals surface area contributed by atoms with Crippen molar-refractivity contribution >= 4 is 11.7 Å². The van der Waals surface area contributed by atoms with E-state index in [2.05, 4.69) is 15.1 Å². The van der Waals surface area contributed by atoms with Gasteiger partial charge < -0.3 is 19.3 Å². The van der Waals surface area contributed by atoms with Crippen LogP contribution in [0.5, 0.6) is 0 Å². The van der Waals surface area contributed by atoms with Crippen LogP contribution >= 0.6 is 0 Å². The molecule has 0 aliphatic carbocycles. The fraction of sp³-hybridized carbons (Fsp3) is 0.615. The van der Waals surface area contributed by atoms with Crippen LogP contribution in [-0.4, -0.2) is 73.6 Å². The number of carbonyl (C=O) groups is 1. The van der Waals surface area contributed by atoms with Crippen molar-refractivity contribution in [1.29, 1.82) is 0 Å². The van der Waals surface area contributed by atoms with Crippen LogP contribution in [0.2, 0.25) is 0 Å². The minimum absolute atomic E-state index is 0.0747. The number of rotatable bonds is 2. The molecule has 0 N–H and O–H groups in total. The van der Waals surface area contributed by atoms with Crippen molar-refractivity contribution in [2.75, 3.05) is 57.5 Å². The SMILES string of the molecule is O=C(c1ccc(N2CCOCC2)nn1)N1CCOCC1. The first-order chi connectivity index (χ1) is 9.84. The van der Waals surface area contributed by atoms with E-state index in [-0.39, 0.29) is 5.91 Å². The van der Waals surface area contributed by atoms with Crippen molar-refractivity contribution in [3.05, 3.63) is 17.8 Å². The molecule has 3 rings (SSSR count). The van der Waals surface area contributed by atoms with Crippen LogP contribution in [0.25, 0.3) is 0 Å². The summed E-state index contributed by atoms with van der Waals surface area (Å²) in [7, 11) is 0. The topological polar surface area (TPSA) is 67.8 Å². The summed E-state index contributed by atoms with van der Waals surface area (Å²) < 4.78 is 10.5. The van der Waals surface area contributed by atoms with Gasteiger partial charge >= 0.3 is 0 Å². The molecule has 2 aliphatic rings. The molecule has 0 atom stereocenters. The van der Waals surface area contributed by atoms with Crippen molar-refractivity contribution in [2.24, 2.45) is 0 Å². The zero-order chi connectivity index (χ0) is 13.8. The first-order valence-corrected chi connectivity index (χ1v) is 6.88. The Morgan fingerprint density at radius 3 is 2.20 bits per heavy atom. The van der Waals surface area contributed by atoms with E-state index in [0.29, 0.717) is 45.2 Å². The average Bonchev–Trinajstić information content (AvgIpc) is 2.56. The van der Waals surface area contributed by atoms with Crippen LogP contribution in [0.1, 0.15) is 10.5 Å². The average molecular weight is 278 g/mol. The lowest BCUT2D eigenvalue weighted by atomic mass is 10.3. The molecule has 0 radical (unpaired) electrons. The highest BCUT2D eigenvalue weighted by atomic mass is 16.5. The Hall–Kier alpha value is -1.73. The number of aromatic nitrogens is 2. The van der Waals surface area contributed by atoms with E-state index in [9.17, 15) is 4.79 Å². The molecule has 108 valence electrons. The van der Waals surface area contributed by atoms with Crippen LogP contribution in [0.15, 0.2) is 12.1 Å². The molecule has 0 unspecified atom stereocenters. The van der Waals surface area contributed by atoms with Crippen molar-refractivity contribution in [1.82, 2.24) is 15.1 Å². The molecule has 7 heteroatoms. The van der Waals surface area contributed by atoms with Crippen molar-refractivity contribution in [3.8, 4) is 0 Å². The van der Waals surface area contributed by atoms with Crippen molar-refractivity contribution < 1.29 is 14.3 Å². The van der Waals surface area contributed by atoms with Crippen molar-refractivity contribution in [3.63, 3.8) is 0 Å². The van der Waals surface area contributed by atoms with Gasteiger partial charge in [0.15, 0.2) is 11.5 Å². The molecule has 3 heterocycles. The summed E-state index contributed by atoms with van der Waals surface area (Å²) in [5.41, 5.74) is 0.393. The summed E-state index contributed by atoms with van der Waals surface area (Å²) in [6, 6.07) is 3.60. The monoisotopic (exact) mass is 278 g/mol. The summed E-state index contributed by atoms with van der Waals surface area (Å²) in [4.78, 5) is 16.1. The molecular weight excluding hydrogens is 260 g/mol. The van der Waals surface area contributed by atoms with Gasteiger partial charge in [-0.1, -0.05) is 0 Å². The molecule has 0 bridgehead atoms. The molecule has 1 aromatic rings. The minimum atomic E-state index is -0.0747. The lowest BCUT2D eigenvalue weighted by molar-refractivity contribution is 0.0298. The summed E-state index contributed by atoms with van der Waals surface area (Å²) >= 11 is 0. The second-order valence-electron chi connectivity index (χ2n) is 4.78. The molecule has 2 fully saturated rings. The van der Waals surface area contributed by atoms with Crippen LogP contribution < -0.4 is 4.90 Å². The molecular formula is C13H18N4O3. The van der Waals surface area contributed by atoms with E-state index in [1.807, 2.05) is 6.07 Å². The number of nitrogens with zero attached hydrogens (tertiary/aromatic N) is 4. The molecule has 1 aromatic heterocycles. The third-order valence-electron chi connectivity index (χ3n) is 3.50. The molecule has 20 heavy (non-hydrogen) atoms. The van der Waals surface area contributed by atoms with Gasteiger partial charge in [-0.25, -0.2) is 0 Å². The zero-order valence-corrected chi connectivity index (χ0v) is 11.3. The van der Waals surface area contributed by atoms with E-state index in [1.165, 1.54) is 0 Å². The fourth-order valence-electron chi connectivity index (χ4n) is 2.33. The van der Waals surface area contributed by atoms with E-state index >= 15 is 0 Å². The third kappa shape index (κ3) is 2.88. The van der Waals surface area contributed by atoms with Gasteiger partial charge in [-0.3, -0.25) is 4.79 Å². The Labute approximate surface area is 117 Å². The standard InChI is InChI=1S/C13H18N4O3/c18-13(17-5-9-20-10-6-17)11-1-2-12(15-14-11)16-3-7-19-8-4-16/h1-2H,3-10H2. The number of anilines is 1. The molecule has 2 aliphatic heterocycles. The first-order valence-electron chi connectivity index (χ1n) is 6.88. The number of ether oxygens (including phenoxy) is 2. The first kappa shape index (κ1) is 13.3. The Morgan fingerprint density at radius 2 is 1.60 bits per heavy atom. The summed E-state index contributed by atoms with van der Waals surface area (Å²) in [6.45, 7) is 5.44. The number of morpholine rings is 2. The highest BCUT2D eigenvalue weighted by molar-refractivity contribution is 5.92. The lowest BCUT2D eigenvalue weighted by Crippen LogP contribution is -2.41. The third-order valence-corrected chi connectivity index (χ3v) is 3.50.